The predicted molar refractivity (Wildman–Crippen MR) is 50.0 cm³/mol. The van der Waals surface area contributed by atoms with Crippen LogP contribution in [-0.2, 0) is 9.59 Å². The molecule has 0 aromatic carbocycles. The van der Waals surface area contributed by atoms with Crippen molar-refractivity contribution in [2.24, 2.45) is 11.8 Å². The second-order valence-electron chi connectivity index (χ2n) is 3.79. The van der Waals surface area contributed by atoms with Crippen molar-refractivity contribution in [3.8, 4) is 0 Å². The number of carboxylic acid groups (broad SMARTS) is 1. The molecule has 2 rings (SSSR count). The molecular formula is C8H11N5O3. The van der Waals surface area contributed by atoms with Crippen molar-refractivity contribution in [1.29, 1.82) is 0 Å². The highest BCUT2D eigenvalue weighted by Gasteiger charge is 2.48. The third kappa shape index (κ3) is 2.00. The van der Waals surface area contributed by atoms with Gasteiger partial charge in [-0.15, -0.1) is 10.2 Å². The van der Waals surface area contributed by atoms with E-state index in [-0.39, 0.29) is 11.9 Å². The van der Waals surface area contributed by atoms with Gasteiger partial charge in [-0.25, -0.2) is 0 Å². The summed E-state index contributed by atoms with van der Waals surface area (Å²) in [5, 5.41) is 24.4. The molecule has 1 aromatic rings. The van der Waals surface area contributed by atoms with Crippen LogP contribution in [0.25, 0.3) is 0 Å². The van der Waals surface area contributed by atoms with E-state index in [0.717, 1.165) is 0 Å². The van der Waals surface area contributed by atoms with Crippen molar-refractivity contribution in [3.63, 3.8) is 0 Å². The quantitative estimate of drug-likeness (QED) is 0.610. The molecule has 1 fully saturated rings. The maximum Gasteiger partial charge on any atom is 0.307 e. The molecule has 1 aliphatic carbocycles. The minimum atomic E-state index is -0.924. The number of aromatic nitrogens is 4. The van der Waals surface area contributed by atoms with E-state index in [1.54, 1.807) is 6.92 Å². The lowest BCUT2D eigenvalue weighted by Gasteiger charge is -2.08. The molecule has 0 bridgehead atoms. The van der Waals surface area contributed by atoms with Crippen LogP contribution in [0.2, 0.25) is 0 Å². The molecule has 0 spiro atoms. The molecular weight excluding hydrogens is 214 g/mol. The van der Waals surface area contributed by atoms with Gasteiger partial charge in [-0.1, -0.05) is 5.21 Å². The summed E-state index contributed by atoms with van der Waals surface area (Å²) in [6.07, 6.45) is 0.403. The standard InChI is InChI=1S/C8H11N5O3/c1-3(6-10-12-13-11-6)9-7(14)4-2-5(4)8(15)16/h3-5H,2H2,1H3,(H,9,14)(H,15,16)(H,10,11,12,13)/t3?,4-,5+/m1/s1. The molecule has 1 aliphatic rings. The molecule has 0 aliphatic heterocycles. The number of carboxylic acids is 1. The molecule has 1 unspecified atom stereocenters. The maximum atomic E-state index is 11.6. The van der Waals surface area contributed by atoms with E-state index in [9.17, 15) is 9.59 Å². The molecule has 1 aromatic heterocycles. The van der Waals surface area contributed by atoms with E-state index >= 15 is 0 Å². The minimum absolute atomic E-state index is 0.273. The van der Waals surface area contributed by atoms with Gasteiger partial charge in [0.05, 0.1) is 17.9 Å². The van der Waals surface area contributed by atoms with Crippen LogP contribution in [0.15, 0.2) is 0 Å². The molecule has 86 valence electrons. The molecule has 8 nitrogen and oxygen atoms in total. The number of aliphatic carboxylic acids is 1. The topological polar surface area (TPSA) is 121 Å². The average molecular weight is 225 g/mol. The van der Waals surface area contributed by atoms with E-state index in [1.807, 2.05) is 0 Å². The van der Waals surface area contributed by atoms with Crippen LogP contribution < -0.4 is 5.32 Å². The van der Waals surface area contributed by atoms with Gasteiger partial charge in [0.15, 0.2) is 5.82 Å². The van der Waals surface area contributed by atoms with E-state index in [2.05, 4.69) is 25.9 Å². The number of hydrogen-bond acceptors (Lipinski definition) is 5. The zero-order chi connectivity index (χ0) is 11.7. The number of hydrogen-bond donors (Lipinski definition) is 3. The molecule has 1 saturated carbocycles. The Morgan fingerprint density at radius 3 is 2.81 bits per heavy atom. The van der Waals surface area contributed by atoms with E-state index < -0.39 is 17.8 Å². The Labute approximate surface area is 90.4 Å². The Morgan fingerprint density at radius 1 is 1.56 bits per heavy atom. The Kier molecular flexibility index (Phi) is 2.55. The van der Waals surface area contributed by atoms with Crippen molar-refractivity contribution in [2.75, 3.05) is 0 Å². The summed E-state index contributed by atoms with van der Waals surface area (Å²) in [6, 6.07) is -0.374. The highest BCUT2D eigenvalue weighted by molar-refractivity contribution is 5.89. The van der Waals surface area contributed by atoms with Crippen LogP contribution in [-0.4, -0.2) is 37.6 Å². The number of aromatic amines is 1. The van der Waals surface area contributed by atoms with E-state index in [1.165, 1.54) is 0 Å². The number of carbonyl (C=O) groups excluding carboxylic acids is 1. The van der Waals surface area contributed by atoms with Crippen LogP contribution in [0, 0.1) is 11.8 Å². The normalized spacial score (nSPS) is 24.8. The van der Waals surface area contributed by atoms with Crippen LogP contribution in [0.3, 0.4) is 0 Å². The lowest BCUT2D eigenvalue weighted by molar-refractivity contribution is -0.140. The fourth-order valence-corrected chi connectivity index (χ4v) is 1.50. The molecule has 3 atom stereocenters. The third-order valence-corrected chi connectivity index (χ3v) is 2.55. The molecule has 0 saturated heterocycles. The van der Waals surface area contributed by atoms with Gasteiger partial charge in [0.25, 0.3) is 0 Å². The number of nitrogens with zero attached hydrogens (tertiary/aromatic N) is 3. The second-order valence-corrected chi connectivity index (χ2v) is 3.79. The van der Waals surface area contributed by atoms with Crippen molar-refractivity contribution in [1.82, 2.24) is 25.9 Å². The van der Waals surface area contributed by atoms with Crippen molar-refractivity contribution in [3.05, 3.63) is 5.82 Å². The maximum absolute atomic E-state index is 11.6. The smallest absolute Gasteiger partial charge is 0.307 e. The summed E-state index contributed by atoms with van der Waals surface area (Å²) in [6.45, 7) is 1.71. The Morgan fingerprint density at radius 2 is 2.31 bits per heavy atom. The monoisotopic (exact) mass is 225 g/mol. The van der Waals surface area contributed by atoms with Gasteiger partial charge in [-0.05, 0) is 13.3 Å². The first-order valence-electron chi connectivity index (χ1n) is 4.86. The molecule has 1 amide bonds. The van der Waals surface area contributed by atoms with Gasteiger partial charge in [0.1, 0.15) is 0 Å². The van der Waals surface area contributed by atoms with E-state index in [0.29, 0.717) is 12.2 Å². The predicted octanol–water partition coefficient (Wildman–Crippen LogP) is -0.902. The molecule has 8 heteroatoms. The van der Waals surface area contributed by atoms with Crippen LogP contribution >= 0.6 is 0 Å². The lowest BCUT2D eigenvalue weighted by Crippen LogP contribution is -2.29. The molecule has 3 N–H and O–H groups in total. The average Bonchev–Trinajstić information content (AvgIpc) is 2.85. The first kappa shape index (κ1) is 10.5. The number of rotatable bonds is 4. The molecule has 16 heavy (non-hydrogen) atoms. The summed E-state index contributed by atoms with van der Waals surface area (Å²) in [5.74, 6) is -1.79. The summed E-state index contributed by atoms with van der Waals surface area (Å²) in [5.41, 5.74) is 0. The van der Waals surface area contributed by atoms with E-state index in [4.69, 9.17) is 5.11 Å². The van der Waals surface area contributed by atoms with Gasteiger partial charge in [-0.2, -0.15) is 5.21 Å². The number of tetrazole rings is 1. The Bertz CT molecular complexity index is 404. The van der Waals surface area contributed by atoms with Crippen LogP contribution in [0.5, 0.6) is 0 Å². The summed E-state index contributed by atoms with van der Waals surface area (Å²) >= 11 is 0. The van der Waals surface area contributed by atoms with Crippen molar-refractivity contribution >= 4 is 11.9 Å². The van der Waals surface area contributed by atoms with Crippen LogP contribution in [0.1, 0.15) is 25.2 Å². The summed E-state index contributed by atoms with van der Waals surface area (Å²) < 4.78 is 0. The zero-order valence-electron chi connectivity index (χ0n) is 8.54. The Balaban J connectivity index is 1.87. The van der Waals surface area contributed by atoms with Crippen molar-refractivity contribution < 1.29 is 14.7 Å². The van der Waals surface area contributed by atoms with Gasteiger partial charge in [-0.3, -0.25) is 9.59 Å². The Hall–Kier alpha value is -1.99. The number of nitrogens with one attached hydrogen (secondary N) is 2. The van der Waals surface area contributed by atoms with Gasteiger partial charge >= 0.3 is 5.97 Å². The van der Waals surface area contributed by atoms with Gasteiger partial charge in [0, 0.05) is 0 Å². The fourth-order valence-electron chi connectivity index (χ4n) is 1.50. The SMILES string of the molecule is CC(NC(=O)[C@@H]1C[C@@H]1C(=O)O)c1nn[nH]n1. The largest absolute Gasteiger partial charge is 0.481 e. The zero-order valence-corrected chi connectivity index (χ0v) is 8.54. The molecule has 1 heterocycles. The minimum Gasteiger partial charge on any atom is -0.481 e. The lowest BCUT2D eigenvalue weighted by atomic mass is 10.2. The number of H-pyrrole nitrogens is 1. The molecule has 0 radical (unpaired) electrons. The van der Waals surface area contributed by atoms with Crippen molar-refractivity contribution in [2.45, 2.75) is 19.4 Å². The first-order valence-corrected chi connectivity index (χ1v) is 4.86. The van der Waals surface area contributed by atoms with Gasteiger partial charge < -0.3 is 10.4 Å². The first-order chi connectivity index (χ1) is 7.59. The van der Waals surface area contributed by atoms with Crippen LogP contribution in [0.4, 0.5) is 0 Å². The second kappa shape index (κ2) is 3.87. The number of amides is 1. The summed E-state index contributed by atoms with van der Waals surface area (Å²) in [7, 11) is 0. The third-order valence-electron chi connectivity index (χ3n) is 2.55. The fraction of sp³-hybridized carbons (Fsp3) is 0.625. The highest BCUT2D eigenvalue weighted by Crippen LogP contribution is 2.38. The number of carbonyl (C=O) groups is 2. The highest BCUT2D eigenvalue weighted by atomic mass is 16.4. The van der Waals surface area contributed by atoms with Gasteiger partial charge in [0.2, 0.25) is 5.91 Å². The summed E-state index contributed by atoms with van der Waals surface area (Å²) in [4.78, 5) is 22.1.